The number of nitrogens with one attached hydrogen (secondary N) is 2. The fourth-order valence-corrected chi connectivity index (χ4v) is 7.61. The normalized spacial score (nSPS) is 31.2. The molecule has 0 radical (unpaired) electrons. The standard InChI is InChI=1S/C20H23N3O2S2/c24-17(11-26-19-21-15-3-1-2-4-16(15)27-19)22-18(25)23-20-8-12-5-13(9-20)7-14(6-12)10-20/h1-4,12-14H,5-11H2,(H2,22,23,24,25). The molecule has 4 fully saturated rings. The second-order valence-corrected chi connectivity index (χ2v) is 10.7. The van der Waals surface area contributed by atoms with Crippen molar-refractivity contribution in [3.63, 3.8) is 0 Å². The third-order valence-corrected chi connectivity index (χ3v) is 8.45. The molecule has 0 unspecified atom stereocenters. The molecule has 7 heteroatoms. The zero-order valence-electron chi connectivity index (χ0n) is 15.1. The molecular formula is C20H23N3O2S2. The van der Waals surface area contributed by atoms with Gasteiger partial charge in [-0.2, -0.15) is 0 Å². The summed E-state index contributed by atoms with van der Waals surface area (Å²) < 4.78 is 1.97. The van der Waals surface area contributed by atoms with E-state index in [1.54, 1.807) is 11.3 Å². The van der Waals surface area contributed by atoms with Crippen LogP contribution in [0.2, 0.25) is 0 Å². The van der Waals surface area contributed by atoms with Crippen molar-refractivity contribution in [2.75, 3.05) is 5.75 Å². The van der Waals surface area contributed by atoms with Crippen LogP contribution in [0.3, 0.4) is 0 Å². The van der Waals surface area contributed by atoms with Crippen LogP contribution in [0.25, 0.3) is 10.2 Å². The molecule has 1 aromatic carbocycles. The van der Waals surface area contributed by atoms with Crippen molar-refractivity contribution < 1.29 is 9.59 Å². The number of carbonyl (C=O) groups is 2. The van der Waals surface area contributed by atoms with Crippen LogP contribution >= 0.6 is 23.1 Å². The summed E-state index contributed by atoms with van der Waals surface area (Å²) in [6, 6.07) is 7.60. The predicted octanol–water partition coefficient (Wildman–Crippen LogP) is 4.18. The van der Waals surface area contributed by atoms with Gasteiger partial charge < -0.3 is 5.32 Å². The molecule has 4 saturated carbocycles. The molecule has 3 amide bonds. The summed E-state index contributed by atoms with van der Waals surface area (Å²) in [5.74, 6) is 2.24. The number of thiazole rings is 1. The number of carbonyl (C=O) groups excluding carboxylic acids is 2. The summed E-state index contributed by atoms with van der Waals surface area (Å²) in [5.41, 5.74) is 0.879. The molecule has 0 atom stereocenters. The second-order valence-electron chi connectivity index (χ2n) is 8.44. The molecule has 4 aliphatic rings. The Morgan fingerprint density at radius 3 is 2.44 bits per heavy atom. The Labute approximate surface area is 166 Å². The SMILES string of the molecule is O=C(CSc1nc2ccccc2s1)NC(=O)NC12CC3CC(CC(C3)C1)C2. The van der Waals surface area contributed by atoms with Gasteiger partial charge in [-0.05, 0) is 68.4 Å². The van der Waals surface area contributed by atoms with Crippen molar-refractivity contribution in [1.82, 2.24) is 15.6 Å². The summed E-state index contributed by atoms with van der Waals surface area (Å²) in [7, 11) is 0. The first-order chi connectivity index (χ1) is 13.1. The number of benzene rings is 1. The lowest BCUT2D eigenvalue weighted by Crippen LogP contribution is -2.61. The molecule has 4 aliphatic carbocycles. The van der Waals surface area contributed by atoms with Crippen molar-refractivity contribution in [1.29, 1.82) is 0 Å². The highest BCUT2D eigenvalue weighted by Gasteiger charge is 2.51. The molecule has 4 bridgehead atoms. The molecule has 27 heavy (non-hydrogen) atoms. The maximum Gasteiger partial charge on any atom is 0.321 e. The number of fused-ring (bicyclic) bond motifs is 1. The molecule has 5 nitrogen and oxygen atoms in total. The van der Waals surface area contributed by atoms with E-state index in [2.05, 4.69) is 15.6 Å². The number of aromatic nitrogens is 1. The van der Waals surface area contributed by atoms with Gasteiger partial charge in [0.15, 0.2) is 4.34 Å². The topological polar surface area (TPSA) is 71.1 Å². The first-order valence-electron chi connectivity index (χ1n) is 9.67. The van der Waals surface area contributed by atoms with Crippen LogP contribution in [0.5, 0.6) is 0 Å². The third kappa shape index (κ3) is 3.59. The molecule has 2 N–H and O–H groups in total. The highest BCUT2D eigenvalue weighted by molar-refractivity contribution is 8.01. The molecule has 1 heterocycles. The van der Waals surface area contributed by atoms with E-state index in [-0.39, 0.29) is 23.2 Å². The Morgan fingerprint density at radius 2 is 1.78 bits per heavy atom. The number of thioether (sulfide) groups is 1. The molecule has 2 aromatic rings. The van der Waals surface area contributed by atoms with Gasteiger partial charge in [0.25, 0.3) is 0 Å². The van der Waals surface area contributed by atoms with E-state index in [0.717, 1.165) is 51.6 Å². The minimum absolute atomic E-state index is 0.0702. The summed E-state index contributed by atoms with van der Waals surface area (Å²) in [4.78, 5) is 29.1. The number of rotatable bonds is 4. The number of hydrogen-bond acceptors (Lipinski definition) is 5. The van der Waals surface area contributed by atoms with Crippen LogP contribution in [0.4, 0.5) is 4.79 Å². The number of urea groups is 1. The van der Waals surface area contributed by atoms with Crippen molar-refractivity contribution in [2.24, 2.45) is 17.8 Å². The summed E-state index contributed by atoms with van der Waals surface area (Å²) in [6.07, 6.45) is 7.25. The zero-order chi connectivity index (χ0) is 18.4. The van der Waals surface area contributed by atoms with Gasteiger partial charge in [0.05, 0.1) is 16.0 Å². The maximum absolute atomic E-state index is 12.4. The number of imide groups is 1. The monoisotopic (exact) mass is 401 g/mol. The van der Waals surface area contributed by atoms with Crippen LogP contribution in [0.15, 0.2) is 28.6 Å². The molecule has 0 aliphatic heterocycles. The Bertz CT molecular complexity index is 826. The Hall–Kier alpha value is -1.60. The highest BCUT2D eigenvalue weighted by atomic mass is 32.2. The lowest BCUT2D eigenvalue weighted by atomic mass is 9.53. The molecule has 142 valence electrons. The minimum atomic E-state index is -0.327. The lowest BCUT2D eigenvalue weighted by molar-refractivity contribution is -0.117. The van der Waals surface area contributed by atoms with Gasteiger partial charge in [0.2, 0.25) is 5.91 Å². The van der Waals surface area contributed by atoms with Crippen molar-refractivity contribution in [3.8, 4) is 0 Å². The quantitative estimate of drug-likeness (QED) is 0.754. The van der Waals surface area contributed by atoms with Gasteiger partial charge in [-0.1, -0.05) is 23.9 Å². The van der Waals surface area contributed by atoms with Crippen LogP contribution in [0.1, 0.15) is 38.5 Å². The van der Waals surface area contributed by atoms with Crippen molar-refractivity contribution >= 4 is 45.3 Å². The van der Waals surface area contributed by atoms with Crippen LogP contribution < -0.4 is 10.6 Å². The number of amides is 3. The van der Waals surface area contributed by atoms with Crippen LogP contribution in [-0.2, 0) is 4.79 Å². The molecule has 0 saturated heterocycles. The zero-order valence-corrected chi connectivity index (χ0v) is 16.7. The van der Waals surface area contributed by atoms with Crippen LogP contribution in [0, 0.1) is 17.8 Å². The van der Waals surface area contributed by atoms with Crippen molar-refractivity contribution in [3.05, 3.63) is 24.3 Å². The fraction of sp³-hybridized carbons (Fsp3) is 0.550. The van der Waals surface area contributed by atoms with Gasteiger partial charge in [-0.25, -0.2) is 9.78 Å². The van der Waals surface area contributed by atoms with Gasteiger partial charge >= 0.3 is 6.03 Å². The lowest BCUT2D eigenvalue weighted by Gasteiger charge is -2.56. The van der Waals surface area contributed by atoms with E-state index in [4.69, 9.17) is 0 Å². The fourth-order valence-electron chi connectivity index (χ4n) is 5.74. The average Bonchev–Trinajstić information content (AvgIpc) is 3.01. The van der Waals surface area contributed by atoms with Gasteiger partial charge in [-0.15, -0.1) is 11.3 Å². The van der Waals surface area contributed by atoms with Gasteiger partial charge in [0.1, 0.15) is 0 Å². The number of para-hydroxylation sites is 1. The van der Waals surface area contributed by atoms with E-state index < -0.39 is 0 Å². The number of nitrogens with zero attached hydrogens (tertiary/aromatic N) is 1. The highest BCUT2D eigenvalue weighted by Crippen LogP contribution is 2.55. The molecule has 0 spiro atoms. The Balaban J connectivity index is 1.15. The second kappa shape index (κ2) is 6.78. The third-order valence-electron chi connectivity index (χ3n) is 6.27. The number of hydrogen-bond donors (Lipinski definition) is 2. The van der Waals surface area contributed by atoms with E-state index in [1.165, 1.54) is 31.0 Å². The summed E-state index contributed by atoms with van der Waals surface area (Å²) in [6.45, 7) is 0. The average molecular weight is 402 g/mol. The largest absolute Gasteiger partial charge is 0.332 e. The molecule has 6 rings (SSSR count). The van der Waals surface area contributed by atoms with Gasteiger partial charge in [0, 0.05) is 5.54 Å². The Morgan fingerprint density at radius 1 is 1.11 bits per heavy atom. The smallest absolute Gasteiger partial charge is 0.321 e. The van der Waals surface area contributed by atoms with E-state index in [9.17, 15) is 9.59 Å². The van der Waals surface area contributed by atoms with E-state index in [0.29, 0.717) is 0 Å². The minimum Gasteiger partial charge on any atom is -0.332 e. The first kappa shape index (κ1) is 17.5. The van der Waals surface area contributed by atoms with Crippen LogP contribution in [-0.4, -0.2) is 28.2 Å². The van der Waals surface area contributed by atoms with Gasteiger partial charge in [-0.3, -0.25) is 10.1 Å². The summed E-state index contributed by atoms with van der Waals surface area (Å²) in [5, 5.41) is 5.71. The molecule has 1 aromatic heterocycles. The predicted molar refractivity (Wildman–Crippen MR) is 108 cm³/mol. The first-order valence-corrected chi connectivity index (χ1v) is 11.5. The van der Waals surface area contributed by atoms with E-state index >= 15 is 0 Å². The molecular weight excluding hydrogens is 378 g/mol. The summed E-state index contributed by atoms with van der Waals surface area (Å²) >= 11 is 2.96. The maximum atomic E-state index is 12.4. The van der Waals surface area contributed by atoms with Crippen molar-refractivity contribution in [2.45, 2.75) is 48.4 Å². The Kier molecular flexibility index (Phi) is 4.39. The van der Waals surface area contributed by atoms with E-state index in [1.807, 2.05) is 24.3 Å².